The minimum Gasteiger partial charge on any atom is -0.493 e. The second kappa shape index (κ2) is 8.00. The van der Waals surface area contributed by atoms with Gasteiger partial charge in [-0.05, 0) is 18.6 Å². The highest BCUT2D eigenvalue weighted by Crippen LogP contribution is 2.34. The molecule has 0 spiro atoms. The number of fused-ring (bicyclic) bond motifs is 1. The minimum atomic E-state index is -1.17. The number of H-pyrrole nitrogens is 1. The molecule has 3 N–H and O–H groups in total. The summed E-state index contributed by atoms with van der Waals surface area (Å²) in [6, 6.07) is 9.27. The standard InChI is InChI=1S/C21H18N6O3/c1-3-6-12-14(24-21(28)29)9-10-22-17(12)19-16(30-2)11-23-20(25-19)18-13-7-4-5-8-15(13)26-27-18/h3-5,7-11H,1,6H2,2H3,(H,22,24)(H,26,27)(H,28,29). The zero-order valence-electron chi connectivity index (χ0n) is 16.1. The van der Waals surface area contributed by atoms with Crippen molar-refractivity contribution in [1.29, 1.82) is 0 Å². The van der Waals surface area contributed by atoms with Crippen LogP contribution in [0.25, 0.3) is 33.8 Å². The van der Waals surface area contributed by atoms with E-state index in [-0.39, 0.29) is 0 Å². The van der Waals surface area contributed by atoms with Crippen LogP contribution in [0.15, 0.2) is 55.4 Å². The number of pyridine rings is 1. The third-order valence-corrected chi connectivity index (χ3v) is 4.53. The van der Waals surface area contributed by atoms with E-state index in [1.807, 2.05) is 24.3 Å². The smallest absolute Gasteiger partial charge is 0.409 e. The number of hydrogen-bond acceptors (Lipinski definition) is 6. The number of aromatic amines is 1. The molecule has 0 aliphatic carbocycles. The summed E-state index contributed by atoms with van der Waals surface area (Å²) in [5, 5.41) is 19.8. The predicted octanol–water partition coefficient (Wildman–Crippen LogP) is 3.91. The number of carboxylic acid groups (broad SMARTS) is 1. The van der Waals surface area contributed by atoms with E-state index in [0.29, 0.717) is 46.3 Å². The fourth-order valence-electron chi connectivity index (χ4n) is 3.22. The number of para-hydroxylation sites is 1. The number of nitrogens with one attached hydrogen (secondary N) is 2. The van der Waals surface area contributed by atoms with E-state index in [1.165, 1.54) is 13.3 Å². The number of ether oxygens (including phenoxy) is 1. The number of nitrogens with zero attached hydrogens (tertiary/aromatic N) is 4. The van der Waals surface area contributed by atoms with Gasteiger partial charge in [0.05, 0.1) is 30.2 Å². The lowest BCUT2D eigenvalue weighted by Crippen LogP contribution is -2.11. The summed E-state index contributed by atoms with van der Waals surface area (Å²) < 4.78 is 5.46. The average Bonchev–Trinajstić information content (AvgIpc) is 3.18. The van der Waals surface area contributed by atoms with Crippen molar-refractivity contribution in [2.45, 2.75) is 6.42 Å². The van der Waals surface area contributed by atoms with Gasteiger partial charge in [-0.1, -0.05) is 24.3 Å². The van der Waals surface area contributed by atoms with Gasteiger partial charge < -0.3 is 9.84 Å². The molecule has 4 rings (SSSR count). The minimum absolute atomic E-state index is 0.382. The summed E-state index contributed by atoms with van der Waals surface area (Å²) in [5.41, 5.74) is 3.40. The van der Waals surface area contributed by atoms with Crippen LogP contribution in [-0.4, -0.2) is 43.5 Å². The van der Waals surface area contributed by atoms with Gasteiger partial charge in [0, 0.05) is 17.1 Å². The van der Waals surface area contributed by atoms with Crippen molar-refractivity contribution in [2.24, 2.45) is 0 Å². The lowest BCUT2D eigenvalue weighted by Gasteiger charge is -2.14. The van der Waals surface area contributed by atoms with Crippen molar-refractivity contribution >= 4 is 22.7 Å². The number of amides is 1. The summed E-state index contributed by atoms with van der Waals surface area (Å²) >= 11 is 0. The van der Waals surface area contributed by atoms with Crippen molar-refractivity contribution < 1.29 is 14.6 Å². The SMILES string of the molecule is C=CCc1c(NC(=O)O)ccnc1-c1nc(-c2n[nH]c3ccccc23)ncc1OC. The normalized spacial score (nSPS) is 10.7. The van der Waals surface area contributed by atoms with E-state index >= 15 is 0 Å². The maximum Gasteiger partial charge on any atom is 0.409 e. The third kappa shape index (κ3) is 3.44. The Balaban J connectivity index is 1.92. The molecule has 4 aromatic rings. The molecule has 0 aliphatic rings. The quantitative estimate of drug-likeness (QED) is 0.417. The van der Waals surface area contributed by atoms with Gasteiger partial charge >= 0.3 is 6.09 Å². The van der Waals surface area contributed by atoms with Crippen LogP contribution < -0.4 is 10.1 Å². The van der Waals surface area contributed by atoms with Crippen LogP contribution in [0.1, 0.15) is 5.56 Å². The van der Waals surface area contributed by atoms with Gasteiger partial charge in [-0.25, -0.2) is 14.8 Å². The molecular formula is C21H18N6O3. The average molecular weight is 402 g/mol. The first-order valence-electron chi connectivity index (χ1n) is 9.06. The van der Waals surface area contributed by atoms with Gasteiger partial charge in [-0.3, -0.25) is 15.4 Å². The molecule has 0 bridgehead atoms. The van der Waals surface area contributed by atoms with Crippen LogP contribution >= 0.6 is 0 Å². The summed E-state index contributed by atoms with van der Waals surface area (Å²) in [6.45, 7) is 3.76. The molecule has 0 saturated heterocycles. The first-order valence-corrected chi connectivity index (χ1v) is 9.06. The summed E-state index contributed by atoms with van der Waals surface area (Å²) in [6.07, 6.45) is 3.95. The van der Waals surface area contributed by atoms with Crippen LogP contribution in [0.4, 0.5) is 10.5 Å². The lowest BCUT2D eigenvalue weighted by atomic mass is 10.0. The molecule has 0 unspecified atom stereocenters. The van der Waals surface area contributed by atoms with E-state index in [1.54, 1.807) is 18.3 Å². The number of carbonyl (C=O) groups is 1. The Labute approximate surface area is 171 Å². The number of hydrogen-bond donors (Lipinski definition) is 3. The Bertz CT molecular complexity index is 1250. The van der Waals surface area contributed by atoms with Crippen LogP contribution in [0.5, 0.6) is 5.75 Å². The Morgan fingerprint density at radius 1 is 1.23 bits per heavy atom. The van der Waals surface area contributed by atoms with Crippen LogP contribution in [-0.2, 0) is 6.42 Å². The van der Waals surface area contributed by atoms with Gasteiger partial charge in [-0.15, -0.1) is 6.58 Å². The largest absolute Gasteiger partial charge is 0.493 e. The molecule has 0 atom stereocenters. The van der Waals surface area contributed by atoms with Crippen LogP contribution in [0.3, 0.4) is 0 Å². The van der Waals surface area contributed by atoms with Crippen molar-refractivity contribution in [2.75, 3.05) is 12.4 Å². The first kappa shape index (κ1) is 19.1. The maximum atomic E-state index is 11.2. The van der Waals surface area contributed by atoms with Crippen molar-refractivity contribution in [3.8, 4) is 28.7 Å². The van der Waals surface area contributed by atoms with Gasteiger partial charge in [0.25, 0.3) is 0 Å². The molecule has 30 heavy (non-hydrogen) atoms. The molecule has 3 heterocycles. The highest BCUT2D eigenvalue weighted by Gasteiger charge is 2.20. The van der Waals surface area contributed by atoms with Crippen molar-refractivity contribution in [1.82, 2.24) is 25.1 Å². The van der Waals surface area contributed by atoms with Crippen molar-refractivity contribution in [3.63, 3.8) is 0 Å². The lowest BCUT2D eigenvalue weighted by molar-refractivity contribution is 0.209. The fraction of sp³-hybridized carbons (Fsp3) is 0.0952. The molecule has 3 aromatic heterocycles. The predicted molar refractivity (Wildman–Crippen MR) is 112 cm³/mol. The molecule has 150 valence electrons. The van der Waals surface area contributed by atoms with E-state index in [4.69, 9.17) is 4.74 Å². The van der Waals surface area contributed by atoms with E-state index in [9.17, 15) is 9.90 Å². The highest BCUT2D eigenvalue weighted by molar-refractivity contribution is 5.91. The number of anilines is 1. The summed E-state index contributed by atoms with van der Waals surface area (Å²) in [5.74, 6) is 0.801. The number of aromatic nitrogens is 5. The number of methoxy groups -OCH3 is 1. The number of rotatable bonds is 6. The molecule has 1 amide bonds. The van der Waals surface area contributed by atoms with Gasteiger partial charge in [0.1, 0.15) is 11.4 Å². The van der Waals surface area contributed by atoms with Gasteiger partial charge in [0.2, 0.25) is 0 Å². The maximum absolute atomic E-state index is 11.2. The Morgan fingerprint density at radius 2 is 2.07 bits per heavy atom. The highest BCUT2D eigenvalue weighted by atomic mass is 16.5. The third-order valence-electron chi connectivity index (χ3n) is 4.53. The molecule has 9 heteroatoms. The molecule has 0 fully saturated rings. The molecule has 0 radical (unpaired) electrons. The van der Waals surface area contributed by atoms with Crippen molar-refractivity contribution in [3.05, 3.63) is 60.9 Å². The summed E-state index contributed by atoms with van der Waals surface area (Å²) in [4.78, 5) is 24.7. The Morgan fingerprint density at radius 3 is 2.83 bits per heavy atom. The molecule has 1 aromatic carbocycles. The first-order chi connectivity index (χ1) is 14.6. The topological polar surface area (TPSA) is 126 Å². The van der Waals surface area contributed by atoms with Gasteiger partial charge in [-0.2, -0.15) is 5.10 Å². The Hall–Kier alpha value is -4.27. The van der Waals surface area contributed by atoms with Crippen LogP contribution in [0.2, 0.25) is 0 Å². The van der Waals surface area contributed by atoms with Gasteiger partial charge in [0.15, 0.2) is 11.6 Å². The fourth-order valence-corrected chi connectivity index (χ4v) is 3.22. The monoisotopic (exact) mass is 402 g/mol. The number of benzene rings is 1. The number of allylic oxidation sites excluding steroid dienone is 1. The zero-order valence-corrected chi connectivity index (χ0v) is 16.1. The second-order valence-corrected chi connectivity index (χ2v) is 6.34. The molecule has 0 aliphatic heterocycles. The van der Waals surface area contributed by atoms with E-state index in [0.717, 1.165) is 10.9 Å². The summed E-state index contributed by atoms with van der Waals surface area (Å²) in [7, 11) is 1.51. The Kier molecular flexibility index (Phi) is 5.08. The van der Waals surface area contributed by atoms with Crippen LogP contribution in [0, 0.1) is 0 Å². The molecule has 9 nitrogen and oxygen atoms in total. The molecular weight excluding hydrogens is 384 g/mol. The second-order valence-electron chi connectivity index (χ2n) is 6.34. The zero-order chi connectivity index (χ0) is 21.1. The van der Waals surface area contributed by atoms with E-state index < -0.39 is 6.09 Å². The van der Waals surface area contributed by atoms with E-state index in [2.05, 4.69) is 37.0 Å². The molecule has 0 saturated carbocycles.